The molecule has 2 heterocycles. The number of hydrogen-bond donors (Lipinski definition) is 2. The number of amides is 1. The Bertz CT molecular complexity index is 1480. The third-order valence-electron chi connectivity index (χ3n) is 7.06. The van der Waals surface area contributed by atoms with Crippen LogP contribution in [-0.4, -0.2) is 17.7 Å². The van der Waals surface area contributed by atoms with Gasteiger partial charge in [0.25, 0.3) is 0 Å². The van der Waals surface area contributed by atoms with Gasteiger partial charge in [0.05, 0.1) is 5.41 Å². The summed E-state index contributed by atoms with van der Waals surface area (Å²) in [4.78, 5) is 17.0. The second kappa shape index (κ2) is 7.60. The van der Waals surface area contributed by atoms with Gasteiger partial charge < -0.3 is 19.8 Å². The highest BCUT2D eigenvalue weighted by atomic mass is 19.1. The third-order valence-corrected chi connectivity index (χ3v) is 7.06. The highest BCUT2D eigenvalue weighted by Crippen LogP contribution is 2.51. The van der Waals surface area contributed by atoms with Crippen LogP contribution in [0.1, 0.15) is 44.9 Å². The Kier molecular flexibility index (Phi) is 4.72. The summed E-state index contributed by atoms with van der Waals surface area (Å²) in [5.41, 5.74) is 4.07. The average molecular weight is 471 g/mol. The molecule has 1 aliphatic heterocycles. The third kappa shape index (κ3) is 3.55. The normalized spacial score (nSPS) is 15.9. The lowest BCUT2D eigenvalue weighted by atomic mass is 9.86. The van der Waals surface area contributed by atoms with Gasteiger partial charge in [0.1, 0.15) is 5.82 Å². The molecule has 5 nitrogen and oxygen atoms in total. The van der Waals surface area contributed by atoms with E-state index in [0.717, 1.165) is 40.6 Å². The molecule has 0 atom stereocenters. The summed E-state index contributed by atoms with van der Waals surface area (Å²) in [7, 11) is 0. The zero-order valence-corrected chi connectivity index (χ0v) is 20.0. The van der Waals surface area contributed by atoms with Gasteiger partial charge in [0.2, 0.25) is 12.7 Å². The minimum Gasteiger partial charge on any atom is -0.454 e. The molecule has 6 heteroatoms. The number of carbonyl (C=O) groups is 1. The molecule has 35 heavy (non-hydrogen) atoms. The first kappa shape index (κ1) is 21.7. The maximum atomic E-state index is 14.9. The predicted octanol–water partition coefficient (Wildman–Crippen LogP) is 6.67. The zero-order valence-electron chi connectivity index (χ0n) is 20.0. The first-order chi connectivity index (χ1) is 16.8. The van der Waals surface area contributed by atoms with Crippen molar-refractivity contribution >= 4 is 22.5 Å². The van der Waals surface area contributed by atoms with E-state index in [1.165, 1.54) is 6.07 Å². The van der Waals surface area contributed by atoms with Crippen molar-refractivity contribution in [2.75, 3.05) is 12.1 Å². The summed E-state index contributed by atoms with van der Waals surface area (Å²) < 4.78 is 25.8. The molecule has 1 fully saturated rings. The molecule has 1 aromatic heterocycles. The minimum absolute atomic E-state index is 0.0465. The standard InChI is InChI=1S/C29H27FN2O3/c1-28(2,3)26-25(19-6-4-5-7-21(19)30)20-15-18(9-10-22(20)32-26)31-27(33)29(12-13-29)17-8-11-23-24(14-17)35-16-34-23/h4-11,14-15,32H,12-13,16H2,1-3H3,(H,31,33). The van der Waals surface area contributed by atoms with E-state index in [1.807, 2.05) is 42.5 Å². The fourth-order valence-corrected chi connectivity index (χ4v) is 4.99. The molecular weight excluding hydrogens is 443 g/mol. The van der Waals surface area contributed by atoms with Gasteiger partial charge in [0, 0.05) is 38.8 Å². The first-order valence-corrected chi connectivity index (χ1v) is 11.9. The number of ether oxygens (including phenoxy) is 2. The van der Waals surface area contributed by atoms with Crippen molar-refractivity contribution in [3.8, 4) is 22.6 Å². The maximum Gasteiger partial charge on any atom is 0.235 e. The van der Waals surface area contributed by atoms with Gasteiger partial charge in [-0.05, 0) is 54.8 Å². The molecule has 3 aromatic carbocycles. The van der Waals surface area contributed by atoms with Crippen LogP contribution in [0, 0.1) is 5.82 Å². The number of nitrogens with one attached hydrogen (secondary N) is 2. The monoisotopic (exact) mass is 470 g/mol. The van der Waals surface area contributed by atoms with Crippen molar-refractivity contribution in [2.24, 2.45) is 0 Å². The van der Waals surface area contributed by atoms with Crippen LogP contribution in [0.25, 0.3) is 22.0 Å². The molecule has 0 saturated heterocycles. The molecule has 1 amide bonds. The van der Waals surface area contributed by atoms with E-state index < -0.39 is 5.41 Å². The topological polar surface area (TPSA) is 63.4 Å². The first-order valence-electron chi connectivity index (χ1n) is 11.9. The van der Waals surface area contributed by atoms with Crippen LogP contribution in [-0.2, 0) is 15.6 Å². The Morgan fingerprint density at radius 2 is 1.77 bits per heavy atom. The van der Waals surface area contributed by atoms with Gasteiger partial charge in [-0.15, -0.1) is 0 Å². The van der Waals surface area contributed by atoms with E-state index in [0.29, 0.717) is 22.7 Å². The number of fused-ring (bicyclic) bond motifs is 2. The molecule has 1 aliphatic carbocycles. The van der Waals surface area contributed by atoms with Crippen molar-refractivity contribution in [3.05, 3.63) is 77.7 Å². The predicted molar refractivity (Wildman–Crippen MR) is 134 cm³/mol. The van der Waals surface area contributed by atoms with E-state index in [-0.39, 0.29) is 23.9 Å². The van der Waals surface area contributed by atoms with Crippen molar-refractivity contribution in [1.82, 2.24) is 4.98 Å². The molecule has 178 valence electrons. The number of halogens is 1. The lowest BCUT2D eigenvalue weighted by molar-refractivity contribution is -0.118. The second-order valence-electron chi connectivity index (χ2n) is 10.5. The molecular formula is C29H27FN2O3. The number of anilines is 1. The fraction of sp³-hybridized carbons (Fsp3) is 0.276. The second-order valence-corrected chi connectivity index (χ2v) is 10.5. The van der Waals surface area contributed by atoms with Gasteiger partial charge >= 0.3 is 0 Å². The van der Waals surface area contributed by atoms with Crippen LogP contribution in [0.15, 0.2) is 60.7 Å². The Morgan fingerprint density at radius 1 is 1.00 bits per heavy atom. The summed E-state index contributed by atoms with van der Waals surface area (Å²) in [5, 5.41) is 4.01. The number of hydrogen-bond acceptors (Lipinski definition) is 3. The van der Waals surface area contributed by atoms with Crippen LogP contribution >= 0.6 is 0 Å². The van der Waals surface area contributed by atoms with Crippen molar-refractivity contribution in [3.63, 3.8) is 0 Å². The van der Waals surface area contributed by atoms with Crippen LogP contribution in [0.3, 0.4) is 0 Å². The summed E-state index contributed by atoms with van der Waals surface area (Å²) in [6, 6.07) is 18.3. The number of H-pyrrole nitrogens is 1. The minimum atomic E-state index is -0.570. The Morgan fingerprint density at radius 3 is 2.51 bits per heavy atom. The average Bonchev–Trinajstić information content (AvgIpc) is 3.35. The van der Waals surface area contributed by atoms with Crippen LogP contribution in [0.2, 0.25) is 0 Å². The van der Waals surface area contributed by atoms with Crippen LogP contribution in [0.5, 0.6) is 11.5 Å². The maximum absolute atomic E-state index is 14.9. The zero-order chi connectivity index (χ0) is 24.4. The van der Waals surface area contributed by atoms with Crippen molar-refractivity contribution < 1.29 is 18.7 Å². The molecule has 2 aliphatic rings. The van der Waals surface area contributed by atoms with E-state index in [9.17, 15) is 9.18 Å². The lowest BCUT2D eigenvalue weighted by Gasteiger charge is -2.20. The number of carbonyl (C=O) groups excluding carboxylic acids is 1. The molecule has 0 spiro atoms. The molecule has 2 N–H and O–H groups in total. The van der Waals surface area contributed by atoms with E-state index in [4.69, 9.17) is 9.47 Å². The fourth-order valence-electron chi connectivity index (χ4n) is 4.99. The highest BCUT2D eigenvalue weighted by molar-refractivity contribution is 6.05. The summed E-state index contributed by atoms with van der Waals surface area (Å²) in [6.07, 6.45) is 1.55. The molecule has 0 bridgehead atoms. The van der Waals surface area contributed by atoms with Gasteiger partial charge in [-0.25, -0.2) is 4.39 Å². The smallest absolute Gasteiger partial charge is 0.235 e. The molecule has 0 unspecified atom stereocenters. The summed E-state index contributed by atoms with van der Waals surface area (Å²) in [6.45, 7) is 6.52. The quantitative estimate of drug-likeness (QED) is 0.350. The number of aromatic amines is 1. The molecule has 0 radical (unpaired) electrons. The largest absolute Gasteiger partial charge is 0.454 e. The summed E-state index contributed by atoms with van der Waals surface area (Å²) in [5.74, 6) is 1.07. The Balaban J connectivity index is 1.38. The Hall–Kier alpha value is -3.80. The molecule has 4 aromatic rings. The lowest BCUT2D eigenvalue weighted by Crippen LogP contribution is -2.27. The van der Waals surface area contributed by atoms with Gasteiger partial charge in [-0.1, -0.05) is 45.0 Å². The Labute approximate surface area is 203 Å². The highest BCUT2D eigenvalue weighted by Gasteiger charge is 2.51. The van der Waals surface area contributed by atoms with Gasteiger partial charge in [-0.2, -0.15) is 0 Å². The van der Waals surface area contributed by atoms with Gasteiger partial charge in [-0.3, -0.25) is 4.79 Å². The van der Waals surface area contributed by atoms with Crippen LogP contribution in [0.4, 0.5) is 10.1 Å². The SMILES string of the molecule is CC(C)(C)c1[nH]c2ccc(NC(=O)C3(c4ccc5c(c4)OCO5)CC3)cc2c1-c1ccccc1F. The molecule has 6 rings (SSSR count). The van der Waals surface area contributed by atoms with Crippen LogP contribution < -0.4 is 14.8 Å². The van der Waals surface area contributed by atoms with Gasteiger partial charge in [0.15, 0.2) is 11.5 Å². The number of benzene rings is 3. The number of aromatic nitrogens is 1. The van der Waals surface area contributed by atoms with Crippen molar-refractivity contribution in [2.45, 2.75) is 44.4 Å². The van der Waals surface area contributed by atoms with E-state index in [1.54, 1.807) is 12.1 Å². The summed E-state index contributed by atoms with van der Waals surface area (Å²) >= 11 is 0. The van der Waals surface area contributed by atoms with Crippen molar-refractivity contribution in [1.29, 1.82) is 0 Å². The number of rotatable bonds is 4. The van der Waals surface area contributed by atoms with E-state index in [2.05, 4.69) is 31.1 Å². The molecule has 1 saturated carbocycles. The van der Waals surface area contributed by atoms with E-state index >= 15 is 0 Å².